The first-order valence-corrected chi connectivity index (χ1v) is 7.75. The van der Waals surface area contributed by atoms with E-state index in [-0.39, 0.29) is 12.0 Å². The molecular weight excluding hydrogens is 240 g/mol. The molecule has 0 saturated carbocycles. The van der Waals surface area contributed by atoms with E-state index < -0.39 is 10.4 Å². The Hall–Kier alpha value is -0.130. The van der Waals surface area contributed by atoms with Crippen LogP contribution in [0.25, 0.3) is 0 Å². The van der Waals surface area contributed by atoms with Crippen LogP contribution in [0.5, 0.6) is 0 Å². The zero-order valence-electron chi connectivity index (χ0n) is 11.2. The van der Waals surface area contributed by atoms with Gasteiger partial charge in [-0.25, -0.2) is 4.18 Å². The summed E-state index contributed by atoms with van der Waals surface area (Å²) in [6.07, 6.45) is 7.72. The third-order valence-corrected chi connectivity index (χ3v) is 3.40. The van der Waals surface area contributed by atoms with Crippen LogP contribution in [-0.2, 0) is 14.6 Å². The van der Waals surface area contributed by atoms with Gasteiger partial charge in [-0.05, 0) is 24.7 Å². The molecule has 0 fully saturated rings. The minimum atomic E-state index is -4.27. The summed E-state index contributed by atoms with van der Waals surface area (Å²) in [5.41, 5.74) is 0.219. The van der Waals surface area contributed by atoms with Crippen molar-refractivity contribution in [3.05, 3.63) is 0 Å². The first kappa shape index (κ1) is 16.9. The van der Waals surface area contributed by atoms with Crippen molar-refractivity contribution in [2.45, 2.75) is 65.7 Å². The van der Waals surface area contributed by atoms with Gasteiger partial charge in [0.2, 0.25) is 0 Å². The van der Waals surface area contributed by atoms with E-state index in [1.807, 2.05) is 0 Å². The molecule has 0 aliphatic carbocycles. The van der Waals surface area contributed by atoms with Crippen molar-refractivity contribution in [2.24, 2.45) is 5.41 Å². The minimum absolute atomic E-state index is 0.0667. The van der Waals surface area contributed by atoms with Crippen LogP contribution in [0, 0.1) is 5.41 Å². The van der Waals surface area contributed by atoms with Gasteiger partial charge in [0.15, 0.2) is 0 Å². The summed E-state index contributed by atoms with van der Waals surface area (Å²) in [5, 5.41) is 0. The van der Waals surface area contributed by atoms with Gasteiger partial charge in [0.05, 0.1) is 6.61 Å². The van der Waals surface area contributed by atoms with Crippen molar-refractivity contribution >= 4 is 10.4 Å². The van der Waals surface area contributed by atoms with Gasteiger partial charge in [-0.1, -0.05) is 46.5 Å². The Kier molecular flexibility index (Phi) is 8.00. The fraction of sp³-hybridized carbons (Fsp3) is 1.00. The highest BCUT2D eigenvalue weighted by molar-refractivity contribution is 7.80. The fourth-order valence-corrected chi connectivity index (χ4v) is 2.20. The molecule has 0 unspecified atom stereocenters. The maximum Gasteiger partial charge on any atom is 0.397 e. The van der Waals surface area contributed by atoms with E-state index in [2.05, 4.69) is 25.0 Å². The normalized spacial score (nSPS) is 12.9. The van der Waals surface area contributed by atoms with Crippen molar-refractivity contribution in [1.82, 2.24) is 0 Å². The van der Waals surface area contributed by atoms with Gasteiger partial charge < -0.3 is 0 Å². The average Bonchev–Trinajstić information content (AvgIpc) is 2.18. The topological polar surface area (TPSA) is 63.6 Å². The lowest BCUT2D eigenvalue weighted by molar-refractivity contribution is 0.225. The molecule has 0 amide bonds. The molecule has 17 heavy (non-hydrogen) atoms. The van der Waals surface area contributed by atoms with Gasteiger partial charge in [0, 0.05) is 0 Å². The summed E-state index contributed by atoms with van der Waals surface area (Å²) in [6, 6.07) is 0. The monoisotopic (exact) mass is 266 g/mol. The van der Waals surface area contributed by atoms with E-state index >= 15 is 0 Å². The van der Waals surface area contributed by atoms with Crippen molar-refractivity contribution in [2.75, 3.05) is 6.61 Å². The minimum Gasteiger partial charge on any atom is -0.264 e. The van der Waals surface area contributed by atoms with Gasteiger partial charge >= 0.3 is 10.4 Å². The SMILES string of the molecule is CCCCCCC(C)(C)CCCOS(=O)(=O)O. The highest BCUT2D eigenvalue weighted by Gasteiger charge is 2.17. The maximum atomic E-state index is 10.3. The molecule has 104 valence electrons. The quantitative estimate of drug-likeness (QED) is 0.485. The lowest BCUT2D eigenvalue weighted by Gasteiger charge is -2.24. The van der Waals surface area contributed by atoms with E-state index in [0.717, 1.165) is 12.8 Å². The Morgan fingerprint density at radius 1 is 1.06 bits per heavy atom. The molecule has 4 nitrogen and oxygen atoms in total. The molecule has 0 aliphatic heterocycles. The lowest BCUT2D eigenvalue weighted by Crippen LogP contribution is -2.13. The Morgan fingerprint density at radius 3 is 2.18 bits per heavy atom. The molecule has 0 aromatic rings. The fourth-order valence-electron chi connectivity index (χ4n) is 1.87. The van der Waals surface area contributed by atoms with E-state index in [9.17, 15) is 8.42 Å². The zero-order chi connectivity index (χ0) is 13.4. The molecule has 0 aromatic heterocycles. The Bertz CT molecular complexity index is 283. The molecule has 0 spiro atoms. The van der Waals surface area contributed by atoms with E-state index in [4.69, 9.17) is 4.55 Å². The van der Waals surface area contributed by atoms with Crippen molar-refractivity contribution in [3.63, 3.8) is 0 Å². The lowest BCUT2D eigenvalue weighted by atomic mass is 9.82. The van der Waals surface area contributed by atoms with Gasteiger partial charge in [-0.2, -0.15) is 8.42 Å². The second-order valence-electron chi connectivity index (χ2n) is 5.33. The van der Waals surface area contributed by atoms with Crippen molar-refractivity contribution in [1.29, 1.82) is 0 Å². The highest BCUT2D eigenvalue weighted by Crippen LogP contribution is 2.29. The number of unbranched alkanes of at least 4 members (excludes halogenated alkanes) is 3. The van der Waals surface area contributed by atoms with Crippen molar-refractivity contribution < 1.29 is 17.2 Å². The van der Waals surface area contributed by atoms with Crippen LogP contribution in [0.3, 0.4) is 0 Å². The smallest absolute Gasteiger partial charge is 0.264 e. The van der Waals surface area contributed by atoms with E-state index in [1.54, 1.807) is 0 Å². The predicted molar refractivity (Wildman–Crippen MR) is 69.3 cm³/mol. The summed E-state index contributed by atoms with van der Waals surface area (Å²) < 4.78 is 33.4. The third-order valence-electron chi connectivity index (χ3n) is 2.94. The van der Waals surface area contributed by atoms with Crippen LogP contribution in [-0.4, -0.2) is 19.6 Å². The Balaban J connectivity index is 3.63. The number of hydrogen-bond donors (Lipinski definition) is 1. The molecule has 0 heterocycles. The average molecular weight is 266 g/mol. The molecule has 0 bridgehead atoms. The van der Waals surface area contributed by atoms with Gasteiger partial charge in [0.1, 0.15) is 0 Å². The molecule has 0 saturated heterocycles. The van der Waals surface area contributed by atoms with Crippen LogP contribution in [0.4, 0.5) is 0 Å². The summed E-state index contributed by atoms with van der Waals surface area (Å²) in [6.45, 7) is 6.63. The standard InChI is InChI=1S/C12H26O4S/c1-4-5-6-7-9-12(2,3)10-8-11-16-17(13,14)15/h4-11H2,1-3H3,(H,13,14,15). The van der Waals surface area contributed by atoms with Crippen LogP contribution in [0.1, 0.15) is 65.7 Å². The van der Waals surface area contributed by atoms with Crippen LogP contribution in [0.2, 0.25) is 0 Å². The van der Waals surface area contributed by atoms with Gasteiger partial charge in [-0.15, -0.1) is 0 Å². The zero-order valence-corrected chi connectivity index (χ0v) is 12.1. The van der Waals surface area contributed by atoms with Crippen LogP contribution in [0.15, 0.2) is 0 Å². The van der Waals surface area contributed by atoms with Gasteiger partial charge in [0.25, 0.3) is 0 Å². The molecule has 0 rings (SSSR count). The summed E-state index contributed by atoms with van der Waals surface area (Å²) >= 11 is 0. The number of hydrogen-bond acceptors (Lipinski definition) is 3. The summed E-state index contributed by atoms with van der Waals surface area (Å²) in [5.74, 6) is 0. The largest absolute Gasteiger partial charge is 0.397 e. The van der Waals surface area contributed by atoms with Gasteiger partial charge in [-0.3, -0.25) is 4.55 Å². The third kappa shape index (κ3) is 12.1. The first-order valence-electron chi connectivity index (χ1n) is 6.39. The van der Waals surface area contributed by atoms with Crippen LogP contribution >= 0.6 is 0 Å². The molecular formula is C12H26O4S. The van der Waals surface area contributed by atoms with E-state index in [0.29, 0.717) is 6.42 Å². The molecule has 0 aliphatic rings. The highest BCUT2D eigenvalue weighted by atomic mass is 32.3. The molecule has 0 atom stereocenters. The first-order chi connectivity index (χ1) is 7.77. The molecule has 1 N–H and O–H groups in total. The van der Waals surface area contributed by atoms with Crippen LogP contribution < -0.4 is 0 Å². The van der Waals surface area contributed by atoms with Crippen molar-refractivity contribution in [3.8, 4) is 0 Å². The summed E-state index contributed by atoms with van der Waals surface area (Å²) in [7, 11) is -4.27. The summed E-state index contributed by atoms with van der Waals surface area (Å²) in [4.78, 5) is 0. The molecule has 5 heteroatoms. The Morgan fingerprint density at radius 2 is 1.65 bits per heavy atom. The maximum absolute atomic E-state index is 10.3. The predicted octanol–water partition coefficient (Wildman–Crippen LogP) is 3.58. The second-order valence-corrected chi connectivity index (χ2v) is 6.42. The second kappa shape index (κ2) is 8.06. The molecule has 0 aromatic carbocycles. The van der Waals surface area contributed by atoms with E-state index in [1.165, 1.54) is 25.7 Å². The Labute approximate surface area is 106 Å². The molecule has 0 radical (unpaired) electrons. The number of rotatable bonds is 10.